The molecule has 4 atom stereocenters. The SMILES string of the molecule is Cc1cc(CN(C)C(=O)[C@@H]2[C@@H]3C=C[C@@]4(CN(CCC(C)C)C(=O)[C@@H]24)O3)n[nH]1. The third kappa shape index (κ3) is 2.98. The van der Waals surface area contributed by atoms with Crippen LogP contribution in [0.5, 0.6) is 0 Å². The van der Waals surface area contributed by atoms with E-state index in [9.17, 15) is 9.59 Å². The van der Waals surface area contributed by atoms with Gasteiger partial charge in [0.1, 0.15) is 5.60 Å². The molecule has 0 unspecified atom stereocenters. The lowest BCUT2D eigenvalue weighted by Gasteiger charge is -2.27. The fraction of sp³-hybridized carbons (Fsp3) is 0.650. The number of rotatable bonds is 6. The van der Waals surface area contributed by atoms with E-state index < -0.39 is 17.4 Å². The van der Waals surface area contributed by atoms with Gasteiger partial charge in [-0.25, -0.2) is 0 Å². The molecule has 0 radical (unpaired) electrons. The minimum Gasteiger partial charge on any atom is -0.360 e. The molecule has 2 bridgehead atoms. The summed E-state index contributed by atoms with van der Waals surface area (Å²) < 4.78 is 6.19. The second-order valence-electron chi connectivity index (χ2n) is 8.58. The van der Waals surface area contributed by atoms with Gasteiger partial charge in [-0.3, -0.25) is 14.7 Å². The van der Waals surface area contributed by atoms with Gasteiger partial charge in [0, 0.05) is 19.3 Å². The molecular formula is C20H28N4O3. The summed E-state index contributed by atoms with van der Waals surface area (Å²) in [4.78, 5) is 29.9. The van der Waals surface area contributed by atoms with Crippen molar-refractivity contribution in [1.29, 1.82) is 0 Å². The molecule has 1 aromatic heterocycles. The number of nitrogens with zero attached hydrogens (tertiary/aromatic N) is 3. The number of aromatic amines is 1. The highest BCUT2D eigenvalue weighted by atomic mass is 16.5. The van der Waals surface area contributed by atoms with Crippen LogP contribution in [-0.4, -0.2) is 63.7 Å². The molecule has 27 heavy (non-hydrogen) atoms. The molecule has 1 N–H and O–H groups in total. The predicted molar refractivity (Wildman–Crippen MR) is 99.6 cm³/mol. The van der Waals surface area contributed by atoms with Crippen LogP contribution < -0.4 is 0 Å². The van der Waals surface area contributed by atoms with Crippen molar-refractivity contribution in [3.05, 3.63) is 29.6 Å². The summed E-state index contributed by atoms with van der Waals surface area (Å²) in [5.74, 6) is -0.308. The number of aryl methyl sites for hydroxylation is 1. The number of ether oxygens (including phenoxy) is 1. The number of amides is 2. The molecule has 3 aliphatic rings. The van der Waals surface area contributed by atoms with E-state index in [4.69, 9.17) is 4.74 Å². The van der Waals surface area contributed by atoms with Crippen LogP contribution in [0.25, 0.3) is 0 Å². The number of carbonyl (C=O) groups excluding carboxylic acids is 2. The monoisotopic (exact) mass is 372 g/mol. The Bertz CT molecular complexity index is 786. The molecule has 2 fully saturated rings. The average molecular weight is 372 g/mol. The summed E-state index contributed by atoms with van der Waals surface area (Å²) in [6, 6.07) is 1.93. The molecule has 3 aliphatic heterocycles. The third-order valence-corrected chi connectivity index (χ3v) is 5.97. The van der Waals surface area contributed by atoms with E-state index in [1.54, 1.807) is 11.9 Å². The zero-order valence-corrected chi connectivity index (χ0v) is 16.4. The number of nitrogens with one attached hydrogen (secondary N) is 1. The Morgan fingerprint density at radius 2 is 2.30 bits per heavy atom. The number of H-pyrrole nitrogens is 1. The average Bonchev–Trinajstić information content (AvgIpc) is 3.34. The topological polar surface area (TPSA) is 78.5 Å². The van der Waals surface area contributed by atoms with Crippen LogP contribution in [0.15, 0.2) is 18.2 Å². The first-order valence-electron chi connectivity index (χ1n) is 9.72. The van der Waals surface area contributed by atoms with Gasteiger partial charge >= 0.3 is 0 Å². The molecule has 2 saturated heterocycles. The second kappa shape index (κ2) is 6.48. The van der Waals surface area contributed by atoms with Crippen LogP contribution in [0.1, 0.15) is 31.7 Å². The van der Waals surface area contributed by atoms with Crippen molar-refractivity contribution in [2.24, 2.45) is 17.8 Å². The van der Waals surface area contributed by atoms with Crippen molar-refractivity contribution in [3.8, 4) is 0 Å². The van der Waals surface area contributed by atoms with Gasteiger partial charge in [-0.1, -0.05) is 26.0 Å². The van der Waals surface area contributed by atoms with Crippen LogP contribution in [0.4, 0.5) is 0 Å². The van der Waals surface area contributed by atoms with Crippen molar-refractivity contribution in [2.45, 2.75) is 45.4 Å². The van der Waals surface area contributed by atoms with Crippen molar-refractivity contribution in [3.63, 3.8) is 0 Å². The molecule has 0 aliphatic carbocycles. The van der Waals surface area contributed by atoms with E-state index in [-0.39, 0.29) is 17.9 Å². The molecule has 4 rings (SSSR count). The highest BCUT2D eigenvalue weighted by molar-refractivity contribution is 5.93. The van der Waals surface area contributed by atoms with Gasteiger partial charge in [-0.2, -0.15) is 5.10 Å². The van der Waals surface area contributed by atoms with Gasteiger partial charge in [0.25, 0.3) is 0 Å². The van der Waals surface area contributed by atoms with Crippen LogP contribution >= 0.6 is 0 Å². The molecule has 1 spiro atoms. The number of likely N-dealkylation sites (tertiary alicyclic amines) is 1. The lowest BCUT2D eigenvalue weighted by Crippen LogP contribution is -2.44. The van der Waals surface area contributed by atoms with Crippen molar-refractivity contribution in [2.75, 3.05) is 20.1 Å². The minimum absolute atomic E-state index is 0.0454. The summed E-state index contributed by atoms with van der Waals surface area (Å²) in [6.45, 7) is 7.93. The Balaban J connectivity index is 1.51. The molecular weight excluding hydrogens is 344 g/mol. The highest BCUT2D eigenvalue weighted by Crippen LogP contribution is 2.52. The second-order valence-corrected chi connectivity index (χ2v) is 8.58. The Kier molecular flexibility index (Phi) is 4.37. The first-order valence-corrected chi connectivity index (χ1v) is 9.72. The van der Waals surface area contributed by atoms with Gasteiger partial charge in [0.05, 0.1) is 36.7 Å². The largest absolute Gasteiger partial charge is 0.360 e. The lowest BCUT2D eigenvalue weighted by molar-refractivity contribution is -0.142. The number of carbonyl (C=O) groups is 2. The predicted octanol–water partition coefficient (Wildman–Crippen LogP) is 1.50. The summed E-state index contributed by atoms with van der Waals surface area (Å²) >= 11 is 0. The standard InChI is InChI=1S/C20H28N4O3/c1-12(2)6-8-24-11-20-7-5-15(27-20)16(17(20)19(24)26)18(25)23(4)10-14-9-13(3)21-22-14/h5,7,9,12,15-17H,6,8,10-11H2,1-4H3,(H,21,22)/t15-,16+,17+,20-/m0/s1. The smallest absolute Gasteiger partial charge is 0.230 e. The van der Waals surface area contributed by atoms with Gasteiger partial charge in [0.15, 0.2) is 0 Å². The molecule has 2 amide bonds. The minimum atomic E-state index is -0.622. The summed E-state index contributed by atoms with van der Waals surface area (Å²) in [6.07, 6.45) is 4.63. The van der Waals surface area contributed by atoms with Gasteiger partial charge in [-0.15, -0.1) is 0 Å². The normalized spacial score (nSPS) is 31.2. The Morgan fingerprint density at radius 1 is 1.52 bits per heavy atom. The zero-order chi connectivity index (χ0) is 19.3. The molecule has 1 aromatic rings. The number of hydrogen-bond donors (Lipinski definition) is 1. The van der Waals surface area contributed by atoms with Gasteiger partial charge in [-0.05, 0) is 25.3 Å². The fourth-order valence-corrected chi connectivity index (χ4v) is 4.59. The maximum Gasteiger partial charge on any atom is 0.230 e. The first-order chi connectivity index (χ1) is 12.8. The summed E-state index contributed by atoms with van der Waals surface area (Å²) in [5, 5.41) is 7.10. The van der Waals surface area contributed by atoms with Crippen LogP contribution in [0.3, 0.4) is 0 Å². The molecule has 7 nitrogen and oxygen atoms in total. The number of fused-ring (bicyclic) bond motifs is 1. The summed E-state index contributed by atoms with van der Waals surface area (Å²) in [5.41, 5.74) is 1.15. The Labute approximate surface area is 159 Å². The lowest BCUT2D eigenvalue weighted by atomic mass is 9.76. The van der Waals surface area contributed by atoms with Gasteiger partial charge in [0.2, 0.25) is 11.8 Å². The van der Waals surface area contributed by atoms with E-state index >= 15 is 0 Å². The molecule has 146 valence electrons. The van der Waals surface area contributed by atoms with E-state index in [1.165, 1.54) is 0 Å². The summed E-state index contributed by atoms with van der Waals surface area (Å²) in [7, 11) is 1.77. The van der Waals surface area contributed by atoms with Crippen molar-refractivity contribution >= 4 is 11.8 Å². The zero-order valence-electron chi connectivity index (χ0n) is 16.4. The van der Waals surface area contributed by atoms with E-state index in [0.29, 0.717) is 19.0 Å². The number of aromatic nitrogens is 2. The molecule has 7 heteroatoms. The highest BCUT2D eigenvalue weighted by Gasteiger charge is 2.66. The third-order valence-electron chi connectivity index (χ3n) is 5.97. The maximum absolute atomic E-state index is 13.2. The van der Waals surface area contributed by atoms with Crippen molar-refractivity contribution < 1.29 is 14.3 Å². The molecule has 0 aromatic carbocycles. The Hall–Kier alpha value is -2.15. The molecule has 0 saturated carbocycles. The maximum atomic E-state index is 13.2. The molecule has 4 heterocycles. The first kappa shape index (κ1) is 18.2. The van der Waals surface area contributed by atoms with E-state index in [2.05, 4.69) is 24.0 Å². The quantitative estimate of drug-likeness (QED) is 0.768. The fourth-order valence-electron chi connectivity index (χ4n) is 4.59. The van der Waals surface area contributed by atoms with Crippen LogP contribution in [-0.2, 0) is 20.9 Å². The van der Waals surface area contributed by atoms with E-state index in [1.807, 2.05) is 30.0 Å². The van der Waals surface area contributed by atoms with E-state index in [0.717, 1.165) is 24.4 Å². The number of hydrogen-bond acceptors (Lipinski definition) is 4. The van der Waals surface area contributed by atoms with Gasteiger partial charge < -0.3 is 14.5 Å². The van der Waals surface area contributed by atoms with Crippen LogP contribution in [0.2, 0.25) is 0 Å². The van der Waals surface area contributed by atoms with Crippen molar-refractivity contribution in [1.82, 2.24) is 20.0 Å². The Morgan fingerprint density at radius 3 is 2.96 bits per heavy atom. The van der Waals surface area contributed by atoms with Crippen LogP contribution in [0, 0.1) is 24.7 Å².